The van der Waals surface area contributed by atoms with Gasteiger partial charge in [-0.15, -0.1) is 0 Å². The Labute approximate surface area is 81.8 Å². The van der Waals surface area contributed by atoms with Gasteiger partial charge in [-0.05, 0) is 12.1 Å². The summed E-state index contributed by atoms with van der Waals surface area (Å²) in [4.78, 5) is 11.1. The van der Waals surface area contributed by atoms with E-state index in [0.29, 0.717) is 5.69 Å². The van der Waals surface area contributed by atoms with Crippen LogP contribution in [0.3, 0.4) is 0 Å². The van der Waals surface area contributed by atoms with Crippen molar-refractivity contribution >= 4 is 17.6 Å². The molecule has 1 aromatic carbocycles. The van der Waals surface area contributed by atoms with Crippen LogP contribution in [0.25, 0.3) is 0 Å². The number of rotatable bonds is 3. The number of carbonyl (C=O) groups excluding carboxylic acids is 1. The van der Waals surface area contributed by atoms with Crippen LogP contribution in [-0.2, 0) is 0 Å². The fraction of sp³-hybridized carbons (Fsp3) is 0.111. The predicted octanol–water partition coefficient (Wildman–Crippen LogP) is 0.744. The van der Waals surface area contributed by atoms with E-state index >= 15 is 0 Å². The van der Waals surface area contributed by atoms with Crippen molar-refractivity contribution in [2.45, 2.75) is 0 Å². The highest BCUT2D eigenvalue weighted by Gasteiger charge is 1.99. The van der Waals surface area contributed by atoms with E-state index in [0.717, 1.165) is 0 Å². The Bertz CT molecular complexity index is 323. The molecule has 74 valence electrons. The summed E-state index contributed by atoms with van der Waals surface area (Å²) in [7, 11) is 0. The van der Waals surface area contributed by atoms with Gasteiger partial charge in [0.2, 0.25) is 0 Å². The molecule has 0 fully saturated rings. The van der Waals surface area contributed by atoms with Crippen LogP contribution in [0.1, 0.15) is 0 Å². The Morgan fingerprint density at radius 1 is 1.36 bits per heavy atom. The van der Waals surface area contributed by atoms with Gasteiger partial charge in [0.05, 0.1) is 6.54 Å². The second-order valence-corrected chi connectivity index (χ2v) is 2.70. The van der Waals surface area contributed by atoms with E-state index in [1.165, 1.54) is 0 Å². The second kappa shape index (κ2) is 4.86. The number of amides is 2. The van der Waals surface area contributed by atoms with Crippen LogP contribution in [-0.4, -0.2) is 18.4 Å². The van der Waals surface area contributed by atoms with Crippen LogP contribution in [0.2, 0.25) is 0 Å². The molecule has 0 atom stereocenters. The number of hydrogen-bond acceptors (Lipinski definition) is 2. The third-order valence-electron chi connectivity index (χ3n) is 1.47. The minimum atomic E-state index is -0.369. The van der Waals surface area contributed by atoms with Crippen molar-refractivity contribution in [3.8, 4) is 0 Å². The third kappa shape index (κ3) is 3.57. The maximum Gasteiger partial charge on any atom is 0.319 e. The van der Waals surface area contributed by atoms with Crippen molar-refractivity contribution in [3.63, 3.8) is 0 Å². The SMILES string of the molecule is N=C(N)CNC(=O)Nc1ccccc1. The fourth-order valence-corrected chi connectivity index (χ4v) is 0.872. The molecule has 5 nitrogen and oxygen atoms in total. The molecular weight excluding hydrogens is 180 g/mol. The number of urea groups is 1. The Morgan fingerprint density at radius 2 is 2.00 bits per heavy atom. The van der Waals surface area contributed by atoms with E-state index in [2.05, 4.69) is 10.6 Å². The van der Waals surface area contributed by atoms with Gasteiger partial charge in [0.1, 0.15) is 5.84 Å². The van der Waals surface area contributed by atoms with Gasteiger partial charge in [-0.3, -0.25) is 5.41 Å². The van der Waals surface area contributed by atoms with Gasteiger partial charge in [-0.2, -0.15) is 0 Å². The van der Waals surface area contributed by atoms with E-state index in [1.807, 2.05) is 18.2 Å². The van der Waals surface area contributed by atoms with Gasteiger partial charge < -0.3 is 16.4 Å². The van der Waals surface area contributed by atoms with E-state index < -0.39 is 0 Å². The Balaban J connectivity index is 2.38. The molecule has 0 spiro atoms. The Hall–Kier alpha value is -2.04. The predicted molar refractivity (Wildman–Crippen MR) is 55.4 cm³/mol. The van der Waals surface area contributed by atoms with Crippen LogP contribution in [0.15, 0.2) is 30.3 Å². The third-order valence-corrected chi connectivity index (χ3v) is 1.47. The number of nitrogens with one attached hydrogen (secondary N) is 3. The summed E-state index contributed by atoms with van der Waals surface area (Å²) < 4.78 is 0. The highest BCUT2D eigenvalue weighted by Crippen LogP contribution is 2.03. The van der Waals surface area contributed by atoms with Crippen LogP contribution >= 0.6 is 0 Å². The largest absolute Gasteiger partial charge is 0.386 e. The molecule has 0 radical (unpaired) electrons. The highest BCUT2D eigenvalue weighted by molar-refractivity contribution is 5.92. The summed E-state index contributed by atoms with van der Waals surface area (Å²) in [6, 6.07) is 8.67. The maximum absolute atomic E-state index is 11.1. The first-order valence-electron chi connectivity index (χ1n) is 4.11. The second-order valence-electron chi connectivity index (χ2n) is 2.70. The summed E-state index contributed by atoms with van der Waals surface area (Å²) in [5.41, 5.74) is 5.78. The van der Waals surface area contributed by atoms with Crippen LogP contribution in [0.5, 0.6) is 0 Å². The normalized spacial score (nSPS) is 9.14. The monoisotopic (exact) mass is 192 g/mol. The molecule has 5 heteroatoms. The summed E-state index contributed by atoms with van der Waals surface area (Å²) in [6.07, 6.45) is 0. The molecule has 0 saturated heterocycles. The molecule has 0 aliphatic carbocycles. The van der Waals surface area contributed by atoms with Crippen molar-refractivity contribution in [1.82, 2.24) is 5.32 Å². The van der Waals surface area contributed by atoms with Gasteiger partial charge in [0.15, 0.2) is 0 Å². The standard InChI is InChI=1S/C9H12N4O/c10-8(11)6-12-9(14)13-7-4-2-1-3-5-7/h1-5H,6H2,(H3,10,11)(H2,12,13,14). The lowest BCUT2D eigenvalue weighted by Crippen LogP contribution is -2.35. The number of amidine groups is 1. The first-order chi connectivity index (χ1) is 6.68. The molecule has 2 amide bonds. The zero-order valence-electron chi connectivity index (χ0n) is 7.58. The molecule has 0 aliphatic rings. The number of para-hydroxylation sites is 1. The van der Waals surface area contributed by atoms with E-state index in [1.54, 1.807) is 12.1 Å². The minimum Gasteiger partial charge on any atom is -0.386 e. The summed E-state index contributed by atoms with van der Waals surface area (Å²) >= 11 is 0. The Morgan fingerprint density at radius 3 is 2.57 bits per heavy atom. The first-order valence-corrected chi connectivity index (χ1v) is 4.11. The molecule has 0 bridgehead atoms. The quantitative estimate of drug-likeness (QED) is 0.420. The summed E-state index contributed by atoms with van der Waals surface area (Å²) in [5.74, 6) is -0.0757. The zero-order chi connectivity index (χ0) is 10.4. The van der Waals surface area contributed by atoms with Gasteiger partial charge in [-0.1, -0.05) is 18.2 Å². The molecule has 14 heavy (non-hydrogen) atoms. The lowest BCUT2D eigenvalue weighted by atomic mass is 10.3. The smallest absolute Gasteiger partial charge is 0.319 e. The van der Waals surface area contributed by atoms with Gasteiger partial charge in [0.25, 0.3) is 0 Å². The lowest BCUT2D eigenvalue weighted by molar-refractivity contribution is 0.253. The molecule has 0 heterocycles. The maximum atomic E-state index is 11.1. The average Bonchev–Trinajstić information content (AvgIpc) is 2.16. The molecule has 0 saturated carbocycles. The number of nitrogens with two attached hydrogens (primary N) is 1. The van der Waals surface area contributed by atoms with E-state index in [9.17, 15) is 4.79 Å². The van der Waals surface area contributed by atoms with Crippen molar-refractivity contribution in [2.75, 3.05) is 11.9 Å². The fourth-order valence-electron chi connectivity index (χ4n) is 0.872. The molecule has 0 aliphatic heterocycles. The van der Waals surface area contributed by atoms with Gasteiger partial charge in [0, 0.05) is 5.69 Å². The average molecular weight is 192 g/mol. The number of benzene rings is 1. The van der Waals surface area contributed by atoms with Crippen molar-refractivity contribution in [3.05, 3.63) is 30.3 Å². The number of anilines is 1. The van der Waals surface area contributed by atoms with Crippen molar-refractivity contribution in [1.29, 1.82) is 5.41 Å². The van der Waals surface area contributed by atoms with Crippen LogP contribution < -0.4 is 16.4 Å². The minimum absolute atomic E-state index is 0.0542. The van der Waals surface area contributed by atoms with Crippen molar-refractivity contribution in [2.24, 2.45) is 5.73 Å². The number of carbonyl (C=O) groups is 1. The highest BCUT2D eigenvalue weighted by atomic mass is 16.2. The van der Waals surface area contributed by atoms with Crippen molar-refractivity contribution < 1.29 is 4.79 Å². The number of hydrogen-bond donors (Lipinski definition) is 4. The van der Waals surface area contributed by atoms with E-state index in [-0.39, 0.29) is 18.4 Å². The first kappa shape index (κ1) is 10.0. The zero-order valence-corrected chi connectivity index (χ0v) is 7.58. The molecule has 1 aromatic rings. The molecule has 5 N–H and O–H groups in total. The summed E-state index contributed by atoms with van der Waals surface area (Å²) in [5, 5.41) is 11.9. The van der Waals surface area contributed by atoms with Gasteiger partial charge in [-0.25, -0.2) is 4.79 Å². The Kier molecular flexibility index (Phi) is 3.49. The van der Waals surface area contributed by atoms with Crippen LogP contribution in [0, 0.1) is 5.41 Å². The van der Waals surface area contributed by atoms with E-state index in [4.69, 9.17) is 11.1 Å². The molecule has 0 unspecified atom stereocenters. The molecular formula is C9H12N4O. The molecule has 1 rings (SSSR count). The van der Waals surface area contributed by atoms with Gasteiger partial charge >= 0.3 is 6.03 Å². The summed E-state index contributed by atoms with van der Waals surface area (Å²) in [6.45, 7) is 0.0542. The topological polar surface area (TPSA) is 91.0 Å². The molecule has 0 aromatic heterocycles. The lowest BCUT2D eigenvalue weighted by Gasteiger charge is -2.05. The van der Waals surface area contributed by atoms with Crippen LogP contribution in [0.4, 0.5) is 10.5 Å².